The van der Waals surface area contributed by atoms with E-state index in [0.717, 1.165) is 16.3 Å². The SMILES string of the molecule is CC(C)COc1ccc(/C(O)=C2/C(=O)C(=O)N(Cc3ccco3)C2c2cccc3ccccc23)cc1. The van der Waals surface area contributed by atoms with Gasteiger partial charge in [-0.25, -0.2) is 0 Å². The summed E-state index contributed by atoms with van der Waals surface area (Å²) in [6.45, 7) is 4.80. The summed E-state index contributed by atoms with van der Waals surface area (Å²) >= 11 is 0. The van der Waals surface area contributed by atoms with E-state index in [9.17, 15) is 14.7 Å². The summed E-state index contributed by atoms with van der Waals surface area (Å²) in [5, 5.41) is 13.3. The van der Waals surface area contributed by atoms with E-state index in [0.29, 0.717) is 29.6 Å². The van der Waals surface area contributed by atoms with Crippen LogP contribution in [0.3, 0.4) is 0 Å². The first kappa shape index (κ1) is 23.4. The van der Waals surface area contributed by atoms with E-state index in [1.165, 1.54) is 11.2 Å². The van der Waals surface area contributed by atoms with Gasteiger partial charge >= 0.3 is 0 Å². The molecule has 36 heavy (non-hydrogen) atoms. The molecule has 0 bridgehead atoms. The number of likely N-dealkylation sites (tertiary alicyclic amines) is 1. The number of aliphatic hydroxyl groups excluding tert-OH is 1. The lowest BCUT2D eigenvalue weighted by atomic mass is 9.91. The number of fused-ring (bicyclic) bond motifs is 1. The van der Waals surface area contributed by atoms with Crippen molar-refractivity contribution in [1.29, 1.82) is 0 Å². The van der Waals surface area contributed by atoms with Gasteiger partial charge in [-0.3, -0.25) is 9.59 Å². The molecule has 1 aromatic heterocycles. The molecule has 182 valence electrons. The number of aliphatic hydroxyl groups is 1. The molecule has 1 fully saturated rings. The first-order valence-electron chi connectivity index (χ1n) is 12.0. The molecule has 3 aromatic carbocycles. The number of hydrogen-bond acceptors (Lipinski definition) is 5. The fraction of sp³-hybridized carbons (Fsp3) is 0.200. The molecule has 2 heterocycles. The molecule has 0 radical (unpaired) electrons. The van der Waals surface area contributed by atoms with Crippen LogP contribution in [-0.2, 0) is 16.1 Å². The summed E-state index contributed by atoms with van der Waals surface area (Å²) in [6.07, 6.45) is 1.53. The van der Waals surface area contributed by atoms with Crippen LogP contribution in [0.4, 0.5) is 0 Å². The Labute approximate surface area is 209 Å². The molecule has 1 saturated heterocycles. The van der Waals surface area contributed by atoms with Crippen LogP contribution in [0.2, 0.25) is 0 Å². The Hall–Kier alpha value is -4.32. The van der Waals surface area contributed by atoms with E-state index >= 15 is 0 Å². The fourth-order valence-electron chi connectivity index (χ4n) is 4.55. The highest BCUT2D eigenvalue weighted by molar-refractivity contribution is 6.46. The third-order valence-electron chi connectivity index (χ3n) is 6.28. The zero-order chi connectivity index (χ0) is 25.2. The third-order valence-corrected chi connectivity index (χ3v) is 6.28. The molecule has 1 atom stereocenters. The van der Waals surface area contributed by atoms with Crippen LogP contribution in [-0.4, -0.2) is 28.3 Å². The number of Topliss-reactive ketones (excluding diaryl/α,β-unsaturated/α-hetero) is 1. The smallest absolute Gasteiger partial charge is 0.296 e. The molecule has 1 N–H and O–H groups in total. The number of ether oxygens (including phenoxy) is 1. The van der Waals surface area contributed by atoms with Crippen LogP contribution in [0.1, 0.15) is 36.8 Å². The van der Waals surface area contributed by atoms with Crippen molar-refractivity contribution in [3.05, 3.63) is 108 Å². The molecule has 4 aromatic rings. The van der Waals surface area contributed by atoms with Gasteiger partial charge in [-0.1, -0.05) is 56.3 Å². The quantitative estimate of drug-likeness (QED) is 0.196. The number of rotatable bonds is 7. The second-order valence-corrected chi connectivity index (χ2v) is 9.30. The Morgan fingerprint density at radius 3 is 2.44 bits per heavy atom. The van der Waals surface area contributed by atoms with Crippen LogP contribution in [0, 0.1) is 5.92 Å². The van der Waals surface area contributed by atoms with Gasteiger partial charge in [0.05, 0.1) is 31.0 Å². The van der Waals surface area contributed by atoms with Gasteiger partial charge in [0, 0.05) is 5.56 Å². The second-order valence-electron chi connectivity index (χ2n) is 9.30. The number of hydrogen-bond donors (Lipinski definition) is 1. The molecule has 5 rings (SSSR count). The van der Waals surface area contributed by atoms with E-state index in [-0.39, 0.29) is 17.9 Å². The average molecular weight is 482 g/mol. The molecular weight excluding hydrogens is 454 g/mol. The summed E-state index contributed by atoms with van der Waals surface area (Å²) in [4.78, 5) is 28.1. The molecule has 6 nitrogen and oxygen atoms in total. The van der Waals surface area contributed by atoms with E-state index in [1.807, 2.05) is 42.5 Å². The van der Waals surface area contributed by atoms with Gasteiger partial charge in [-0.05, 0) is 58.7 Å². The Bertz CT molecular complexity index is 1430. The maximum Gasteiger partial charge on any atom is 0.296 e. The number of carbonyl (C=O) groups is 2. The molecule has 1 aliphatic rings. The van der Waals surface area contributed by atoms with E-state index in [2.05, 4.69) is 13.8 Å². The van der Waals surface area contributed by atoms with Gasteiger partial charge in [0.1, 0.15) is 17.3 Å². The first-order valence-corrected chi connectivity index (χ1v) is 12.0. The third kappa shape index (κ3) is 4.38. The Morgan fingerprint density at radius 1 is 0.972 bits per heavy atom. The average Bonchev–Trinajstić information content (AvgIpc) is 3.49. The first-order chi connectivity index (χ1) is 17.4. The van der Waals surface area contributed by atoms with Gasteiger partial charge in [0.25, 0.3) is 11.7 Å². The zero-order valence-electron chi connectivity index (χ0n) is 20.2. The molecule has 1 aliphatic heterocycles. The van der Waals surface area contributed by atoms with Gasteiger partial charge in [-0.2, -0.15) is 0 Å². The molecule has 6 heteroatoms. The van der Waals surface area contributed by atoms with Crippen LogP contribution >= 0.6 is 0 Å². The lowest BCUT2D eigenvalue weighted by Crippen LogP contribution is -2.29. The lowest BCUT2D eigenvalue weighted by Gasteiger charge is -2.25. The highest BCUT2D eigenvalue weighted by Gasteiger charge is 2.46. The highest BCUT2D eigenvalue weighted by atomic mass is 16.5. The Morgan fingerprint density at radius 2 is 1.72 bits per heavy atom. The molecular formula is C30H27NO5. The number of nitrogens with zero attached hydrogens (tertiary/aromatic N) is 1. The van der Waals surface area contributed by atoms with Gasteiger partial charge in [0.2, 0.25) is 0 Å². The topological polar surface area (TPSA) is 80.0 Å². The molecule has 1 unspecified atom stereocenters. The highest BCUT2D eigenvalue weighted by Crippen LogP contribution is 2.42. The van der Waals surface area contributed by atoms with Gasteiger partial charge in [0.15, 0.2) is 0 Å². The fourth-order valence-corrected chi connectivity index (χ4v) is 4.55. The number of benzene rings is 3. The maximum absolute atomic E-state index is 13.4. The molecule has 0 saturated carbocycles. The maximum atomic E-state index is 13.4. The molecule has 1 amide bonds. The summed E-state index contributed by atoms with van der Waals surface area (Å²) in [6, 6.07) is 23.2. The predicted octanol–water partition coefficient (Wildman–Crippen LogP) is 6.09. The molecule has 0 spiro atoms. The largest absolute Gasteiger partial charge is 0.507 e. The standard InChI is InChI=1S/C30H27NO5/c1-19(2)18-36-22-14-12-21(13-15-22)28(32)26-27(25-11-5-8-20-7-3-4-10-24(20)25)31(30(34)29(26)33)17-23-9-6-16-35-23/h3-16,19,27,32H,17-18H2,1-2H3/b28-26-. The van der Waals surface area contributed by atoms with Crippen molar-refractivity contribution < 1.29 is 23.8 Å². The predicted molar refractivity (Wildman–Crippen MR) is 137 cm³/mol. The van der Waals surface area contributed by atoms with Crippen LogP contribution < -0.4 is 4.74 Å². The number of ketones is 1. The minimum Gasteiger partial charge on any atom is -0.507 e. The number of furan rings is 1. The monoisotopic (exact) mass is 481 g/mol. The minimum atomic E-state index is -0.780. The van der Waals surface area contributed by atoms with E-state index in [4.69, 9.17) is 9.15 Å². The molecule has 0 aliphatic carbocycles. The van der Waals surface area contributed by atoms with Gasteiger partial charge < -0.3 is 19.2 Å². The van der Waals surface area contributed by atoms with Crippen molar-refractivity contribution in [1.82, 2.24) is 4.90 Å². The summed E-state index contributed by atoms with van der Waals surface area (Å²) in [5.74, 6) is -0.0228. The summed E-state index contributed by atoms with van der Waals surface area (Å²) in [5.41, 5.74) is 1.25. The Kier molecular flexibility index (Phi) is 6.34. The number of amides is 1. The van der Waals surface area contributed by atoms with Gasteiger partial charge in [-0.15, -0.1) is 0 Å². The van der Waals surface area contributed by atoms with Crippen molar-refractivity contribution in [3.8, 4) is 5.75 Å². The van der Waals surface area contributed by atoms with Crippen molar-refractivity contribution in [2.75, 3.05) is 6.61 Å². The summed E-state index contributed by atoms with van der Waals surface area (Å²) < 4.78 is 11.2. The van der Waals surface area contributed by atoms with E-state index in [1.54, 1.807) is 36.4 Å². The van der Waals surface area contributed by atoms with Crippen molar-refractivity contribution in [3.63, 3.8) is 0 Å². The van der Waals surface area contributed by atoms with Crippen LogP contribution in [0.25, 0.3) is 16.5 Å². The summed E-state index contributed by atoms with van der Waals surface area (Å²) in [7, 11) is 0. The Balaban J connectivity index is 1.63. The second kappa shape index (κ2) is 9.74. The normalized spacial score (nSPS) is 17.3. The number of carbonyl (C=O) groups excluding carboxylic acids is 2. The van der Waals surface area contributed by atoms with E-state index < -0.39 is 17.7 Å². The van der Waals surface area contributed by atoms with Crippen LogP contribution in [0.15, 0.2) is 95.1 Å². The lowest BCUT2D eigenvalue weighted by molar-refractivity contribution is -0.140. The van der Waals surface area contributed by atoms with Crippen LogP contribution in [0.5, 0.6) is 5.75 Å². The van der Waals surface area contributed by atoms with Crippen molar-refractivity contribution >= 4 is 28.2 Å². The van der Waals surface area contributed by atoms with Crippen molar-refractivity contribution in [2.45, 2.75) is 26.4 Å². The minimum absolute atomic E-state index is 0.0544. The van der Waals surface area contributed by atoms with Crippen molar-refractivity contribution in [2.24, 2.45) is 5.92 Å². The zero-order valence-corrected chi connectivity index (χ0v) is 20.2.